The maximum absolute atomic E-state index is 12.6. The second kappa shape index (κ2) is 10.2. The third kappa shape index (κ3) is 6.05. The van der Waals surface area contributed by atoms with E-state index in [4.69, 9.17) is 9.47 Å². The average Bonchev–Trinajstić information content (AvgIpc) is 2.77. The van der Waals surface area contributed by atoms with Gasteiger partial charge in [-0.1, -0.05) is 24.3 Å². The number of thioether (sulfide) groups is 1. The third-order valence-corrected chi connectivity index (χ3v) is 7.36. The predicted octanol–water partition coefficient (Wildman–Crippen LogP) is 3.11. The van der Waals surface area contributed by atoms with Gasteiger partial charge in [-0.25, -0.2) is 8.42 Å². The summed E-state index contributed by atoms with van der Waals surface area (Å²) in [4.78, 5) is 13.4. The summed E-state index contributed by atoms with van der Waals surface area (Å²) < 4.78 is 37.2. The van der Waals surface area contributed by atoms with E-state index in [2.05, 4.69) is 0 Å². The van der Waals surface area contributed by atoms with E-state index in [9.17, 15) is 13.2 Å². The summed E-state index contributed by atoms with van der Waals surface area (Å²) in [5.74, 6) is -0.274. The molecular formula is C21H25NO5S2. The Morgan fingerprint density at radius 2 is 1.66 bits per heavy atom. The summed E-state index contributed by atoms with van der Waals surface area (Å²) >= 11 is 1.66. The first-order valence-electron chi connectivity index (χ1n) is 9.44. The molecule has 8 heteroatoms. The van der Waals surface area contributed by atoms with Gasteiger partial charge in [0.15, 0.2) is 0 Å². The lowest BCUT2D eigenvalue weighted by Gasteiger charge is -2.26. The number of sulfonamides is 1. The standard InChI is InChI=1S/C21H25NO5S2/c1-28-19-7-2-18(3-8-19)16-27-21(23)11-6-17-4-9-20(10-5-17)29(24,25)22-12-14-26-15-13-22/h2-5,7-10H,6,11-16H2,1H3. The molecule has 1 fully saturated rings. The van der Waals surface area contributed by atoms with Crippen LogP contribution in [0.3, 0.4) is 0 Å². The molecule has 0 bridgehead atoms. The Labute approximate surface area is 176 Å². The molecule has 0 spiro atoms. The van der Waals surface area contributed by atoms with Gasteiger partial charge >= 0.3 is 5.97 Å². The molecule has 0 aliphatic carbocycles. The van der Waals surface area contributed by atoms with Crippen molar-refractivity contribution in [3.05, 3.63) is 59.7 Å². The van der Waals surface area contributed by atoms with Crippen LogP contribution < -0.4 is 0 Å². The van der Waals surface area contributed by atoms with Gasteiger partial charge in [0.25, 0.3) is 0 Å². The fourth-order valence-corrected chi connectivity index (χ4v) is 4.78. The van der Waals surface area contributed by atoms with Crippen molar-refractivity contribution in [1.29, 1.82) is 0 Å². The molecule has 1 heterocycles. The maximum Gasteiger partial charge on any atom is 0.306 e. The van der Waals surface area contributed by atoms with Crippen molar-refractivity contribution in [3.63, 3.8) is 0 Å². The number of aryl methyl sites for hydroxylation is 1. The van der Waals surface area contributed by atoms with E-state index >= 15 is 0 Å². The highest BCUT2D eigenvalue weighted by atomic mass is 32.2. The van der Waals surface area contributed by atoms with E-state index in [0.717, 1.165) is 11.1 Å². The number of carbonyl (C=O) groups is 1. The Hall–Kier alpha value is -1.87. The first kappa shape index (κ1) is 21.8. The second-order valence-corrected chi connectivity index (χ2v) is 9.49. The van der Waals surface area contributed by atoms with Crippen LogP contribution in [0.25, 0.3) is 0 Å². The molecule has 0 saturated carbocycles. The first-order chi connectivity index (χ1) is 14.0. The van der Waals surface area contributed by atoms with E-state index in [1.54, 1.807) is 36.0 Å². The summed E-state index contributed by atoms with van der Waals surface area (Å²) in [5.41, 5.74) is 1.85. The van der Waals surface area contributed by atoms with Gasteiger partial charge in [0, 0.05) is 24.4 Å². The molecule has 2 aromatic carbocycles. The molecule has 1 aliphatic heterocycles. The van der Waals surface area contributed by atoms with Crippen molar-refractivity contribution in [3.8, 4) is 0 Å². The van der Waals surface area contributed by atoms with Crippen molar-refractivity contribution >= 4 is 27.8 Å². The lowest BCUT2D eigenvalue weighted by atomic mass is 10.1. The molecule has 0 aromatic heterocycles. The van der Waals surface area contributed by atoms with Crippen LogP contribution in [-0.2, 0) is 37.3 Å². The van der Waals surface area contributed by atoms with E-state index in [1.165, 1.54) is 9.20 Å². The zero-order chi connectivity index (χ0) is 20.7. The number of morpholine rings is 1. The molecule has 6 nitrogen and oxygen atoms in total. The summed E-state index contributed by atoms with van der Waals surface area (Å²) in [6.45, 7) is 1.83. The number of carbonyl (C=O) groups excluding carboxylic acids is 1. The van der Waals surface area contributed by atoms with E-state index in [1.807, 2.05) is 30.5 Å². The molecular weight excluding hydrogens is 410 g/mol. The number of hydrogen-bond donors (Lipinski definition) is 0. The zero-order valence-electron chi connectivity index (χ0n) is 16.4. The van der Waals surface area contributed by atoms with Crippen molar-refractivity contribution < 1.29 is 22.7 Å². The minimum absolute atomic E-state index is 0.248. The summed E-state index contributed by atoms with van der Waals surface area (Å²) in [6, 6.07) is 14.6. The Morgan fingerprint density at radius 1 is 1.03 bits per heavy atom. The summed E-state index contributed by atoms with van der Waals surface area (Å²) in [5, 5.41) is 0. The number of rotatable bonds is 8. The number of ether oxygens (including phenoxy) is 2. The van der Waals surface area contributed by atoms with Crippen molar-refractivity contribution in [2.45, 2.75) is 29.2 Å². The second-order valence-electron chi connectivity index (χ2n) is 6.67. The van der Waals surface area contributed by atoms with Crippen molar-refractivity contribution in [2.24, 2.45) is 0 Å². The van der Waals surface area contributed by atoms with Gasteiger partial charge in [-0.2, -0.15) is 4.31 Å². The number of hydrogen-bond acceptors (Lipinski definition) is 6. The minimum Gasteiger partial charge on any atom is -0.461 e. The number of benzene rings is 2. The summed E-state index contributed by atoms with van der Waals surface area (Å²) in [6.07, 6.45) is 2.76. The molecule has 1 saturated heterocycles. The van der Waals surface area contributed by atoms with Crippen LogP contribution in [0.5, 0.6) is 0 Å². The Balaban J connectivity index is 1.48. The zero-order valence-corrected chi connectivity index (χ0v) is 18.0. The highest BCUT2D eigenvalue weighted by Gasteiger charge is 2.26. The Kier molecular flexibility index (Phi) is 7.71. The normalized spacial score (nSPS) is 15.2. The van der Waals surface area contributed by atoms with Crippen molar-refractivity contribution in [1.82, 2.24) is 4.31 Å². The van der Waals surface area contributed by atoms with Crippen LogP contribution >= 0.6 is 11.8 Å². The van der Waals surface area contributed by atoms with E-state index < -0.39 is 10.0 Å². The van der Waals surface area contributed by atoms with Gasteiger partial charge in [0.1, 0.15) is 6.61 Å². The maximum atomic E-state index is 12.6. The quantitative estimate of drug-likeness (QED) is 0.469. The molecule has 3 rings (SSSR count). The van der Waals surface area contributed by atoms with Crippen LogP contribution in [0.4, 0.5) is 0 Å². The number of nitrogens with zero attached hydrogens (tertiary/aromatic N) is 1. The highest BCUT2D eigenvalue weighted by molar-refractivity contribution is 7.98. The molecule has 156 valence electrons. The smallest absolute Gasteiger partial charge is 0.306 e. The first-order valence-corrected chi connectivity index (χ1v) is 12.1. The monoisotopic (exact) mass is 435 g/mol. The predicted molar refractivity (Wildman–Crippen MR) is 112 cm³/mol. The fraction of sp³-hybridized carbons (Fsp3) is 0.381. The fourth-order valence-electron chi connectivity index (χ4n) is 2.97. The molecule has 0 N–H and O–H groups in total. The molecule has 0 amide bonds. The molecule has 2 aromatic rings. The van der Waals surface area contributed by atoms with Crippen LogP contribution in [-0.4, -0.2) is 51.3 Å². The molecule has 0 atom stereocenters. The highest BCUT2D eigenvalue weighted by Crippen LogP contribution is 2.19. The lowest BCUT2D eigenvalue weighted by molar-refractivity contribution is -0.144. The number of esters is 1. The van der Waals surface area contributed by atoms with Gasteiger partial charge in [-0.3, -0.25) is 4.79 Å². The molecule has 29 heavy (non-hydrogen) atoms. The van der Waals surface area contributed by atoms with Crippen LogP contribution in [0.15, 0.2) is 58.3 Å². The van der Waals surface area contributed by atoms with Crippen molar-refractivity contribution in [2.75, 3.05) is 32.6 Å². The van der Waals surface area contributed by atoms with Gasteiger partial charge in [-0.15, -0.1) is 11.8 Å². The molecule has 0 radical (unpaired) electrons. The van der Waals surface area contributed by atoms with E-state index in [-0.39, 0.29) is 23.9 Å². The van der Waals surface area contributed by atoms with Gasteiger partial charge in [0.2, 0.25) is 10.0 Å². The minimum atomic E-state index is -3.49. The van der Waals surface area contributed by atoms with Crippen LogP contribution in [0.1, 0.15) is 17.5 Å². The van der Waals surface area contributed by atoms with Crippen LogP contribution in [0.2, 0.25) is 0 Å². The van der Waals surface area contributed by atoms with Gasteiger partial charge in [0.05, 0.1) is 18.1 Å². The largest absolute Gasteiger partial charge is 0.461 e. The van der Waals surface area contributed by atoms with Gasteiger partial charge < -0.3 is 9.47 Å². The molecule has 1 aliphatic rings. The van der Waals surface area contributed by atoms with E-state index in [0.29, 0.717) is 32.7 Å². The summed E-state index contributed by atoms with van der Waals surface area (Å²) in [7, 11) is -3.49. The molecule has 0 unspecified atom stereocenters. The lowest BCUT2D eigenvalue weighted by Crippen LogP contribution is -2.40. The van der Waals surface area contributed by atoms with Crippen LogP contribution in [0, 0.1) is 0 Å². The Morgan fingerprint density at radius 3 is 2.28 bits per heavy atom. The van der Waals surface area contributed by atoms with Gasteiger partial charge in [-0.05, 0) is 48.1 Å². The average molecular weight is 436 g/mol. The topological polar surface area (TPSA) is 72.9 Å². The Bertz CT molecular complexity index is 905. The third-order valence-electron chi connectivity index (χ3n) is 4.71. The SMILES string of the molecule is CSc1ccc(COC(=O)CCc2ccc(S(=O)(=O)N3CCOCC3)cc2)cc1.